The van der Waals surface area contributed by atoms with Crippen molar-refractivity contribution in [3.8, 4) is 0 Å². The number of ether oxygens (including phenoxy) is 1. The number of nitrogens with zero attached hydrogens (tertiary/aromatic N) is 1. The smallest absolute Gasteiger partial charge is 0.411 e. The predicted octanol–water partition coefficient (Wildman–Crippen LogP) is 4.80. The summed E-state index contributed by atoms with van der Waals surface area (Å²) in [7, 11) is 0. The molecule has 0 radical (unpaired) electrons. The Hall–Kier alpha value is -1.55. The average Bonchev–Trinajstić information content (AvgIpc) is 3.44. The number of carbonyl (C=O) groups is 2. The van der Waals surface area contributed by atoms with Gasteiger partial charge in [-0.25, -0.2) is 4.79 Å². The van der Waals surface area contributed by atoms with Gasteiger partial charge in [0.15, 0.2) is 5.78 Å². The molecule has 3 fully saturated rings. The van der Waals surface area contributed by atoms with Gasteiger partial charge in [-0.05, 0) is 69.4 Å². The van der Waals surface area contributed by atoms with Crippen molar-refractivity contribution in [1.29, 1.82) is 0 Å². The molecule has 1 amide bonds. The van der Waals surface area contributed by atoms with Crippen LogP contribution in [-0.4, -0.2) is 34.5 Å². The molecule has 5 heteroatoms. The summed E-state index contributed by atoms with van der Waals surface area (Å²) in [5, 5.41) is 0.782. The van der Waals surface area contributed by atoms with Crippen molar-refractivity contribution in [1.82, 2.24) is 4.90 Å². The fraction of sp³-hybridized carbons (Fsp3) is 0.619. The van der Waals surface area contributed by atoms with Crippen LogP contribution in [0.25, 0.3) is 0 Å². The van der Waals surface area contributed by atoms with E-state index in [2.05, 4.69) is 6.07 Å². The molecule has 0 aromatic heterocycles. The summed E-state index contributed by atoms with van der Waals surface area (Å²) < 4.78 is 5.54. The highest BCUT2D eigenvalue weighted by Crippen LogP contribution is 2.53. The number of hydrogen-bond acceptors (Lipinski definition) is 3. The van der Waals surface area contributed by atoms with E-state index in [0.717, 1.165) is 29.8 Å². The van der Waals surface area contributed by atoms with Gasteiger partial charge >= 0.3 is 6.09 Å². The Kier molecular flexibility index (Phi) is 4.30. The lowest BCUT2D eigenvalue weighted by Crippen LogP contribution is -2.45. The van der Waals surface area contributed by atoms with Crippen LogP contribution in [0.1, 0.15) is 57.9 Å². The second kappa shape index (κ2) is 6.26. The zero-order valence-corrected chi connectivity index (χ0v) is 16.3. The first-order chi connectivity index (χ1) is 12.2. The van der Waals surface area contributed by atoms with E-state index in [-0.39, 0.29) is 24.0 Å². The first-order valence-electron chi connectivity index (χ1n) is 9.53. The number of likely N-dealkylation sites (tertiary alicyclic amines) is 1. The first kappa shape index (κ1) is 17.8. The minimum Gasteiger partial charge on any atom is -0.444 e. The number of Topliss-reactive ketones (excluding diaryl/α,β-unsaturated/α-hetero) is 1. The molecular formula is C21H26ClNO3. The zero-order valence-electron chi connectivity index (χ0n) is 15.6. The molecule has 1 aromatic carbocycles. The second-order valence-corrected chi connectivity index (χ2v) is 9.40. The number of carbonyl (C=O) groups excluding carboxylic acids is 2. The van der Waals surface area contributed by atoms with Crippen LogP contribution in [0, 0.1) is 11.8 Å². The Morgan fingerprint density at radius 2 is 1.92 bits per heavy atom. The standard InChI is InChI=1S/C21H26ClNO3/c1-21(2,3)26-20(25)23-17-9-13(17)10-18(23)19(24)11-12-8-15(12)14-6-4-5-7-16(14)22/h4-7,12-13,15,17-18H,8-11H2,1-3H3/t12-,13+,15+,17+,18-/m0/s1. The lowest BCUT2D eigenvalue weighted by molar-refractivity contribution is -0.124. The van der Waals surface area contributed by atoms with Crippen LogP contribution in [0.3, 0.4) is 0 Å². The number of fused-ring (bicyclic) bond motifs is 1. The maximum absolute atomic E-state index is 12.9. The maximum Gasteiger partial charge on any atom is 0.411 e. The molecule has 26 heavy (non-hydrogen) atoms. The summed E-state index contributed by atoms with van der Waals surface area (Å²) in [5.41, 5.74) is 0.605. The van der Waals surface area contributed by atoms with Gasteiger partial charge in [-0.1, -0.05) is 29.8 Å². The van der Waals surface area contributed by atoms with Crippen molar-refractivity contribution in [2.75, 3.05) is 0 Å². The van der Waals surface area contributed by atoms with Gasteiger partial charge in [0, 0.05) is 17.5 Å². The highest BCUT2D eigenvalue weighted by molar-refractivity contribution is 6.31. The monoisotopic (exact) mass is 375 g/mol. The molecule has 0 bridgehead atoms. The summed E-state index contributed by atoms with van der Waals surface area (Å²) in [6.45, 7) is 5.59. The van der Waals surface area contributed by atoms with Gasteiger partial charge in [0.05, 0.1) is 6.04 Å². The van der Waals surface area contributed by atoms with Gasteiger partial charge < -0.3 is 4.74 Å². The van der Waals surface area contributed by atoms with Crippen LogP contribution in [0.2, 0.25) is 5.02 Å². The number of ketones is 1. The van der Waals surface area contributed by atoms with Gasteiger partial charge in [-0.3, -0.25) is 9.69 Å². The van der Waals surface area contributed by atoms with Crippen LogP contribution in [0.15, 0.2) is 24.3 Å². The van der Waals surface area contributed by atoms with E-state index < -0.39 is 5.60 Å². The summed E-state index contributed by atoms with van der Waals surface area (Å²) in [6.07, 6.45) is 3.00. The van der Waals surface area contributed by atoms with Crippen molar-refractivity contribution in [3.05, 3.63) is 34.9 Å². The molecule has 0 N–H and O–H groups in total. The Morgan fingerprint density at radius 3 is 2.62 bits per heavy atom. The Balaban J connectivity index is 1.39. The molecule has 0 unspecified atom stereocenters. The molecule has 2 saturated carbocycles. The summed E-state index contributed by atoms with van der Waals surface area (Å²) in [6, 6.07) is 7.78. The highest BCUT2D eigenvalue weighted by atomic mass is 35.5. The lowest BCUT2D eigenvalue weighted by atomic mass is 10.0. The number of hydrogen-bond donors (Lipinski definition) is 0. The van der Waals surface area contributed by atoms with Crippen LogP contribution in [0.5, 0.6) is 0 Å². The highest BCUT2D eigenvalue weighted by Gasteiger charge is 2.57. The molecule has 2 aliphatic carbocycles. The van der Waals surface area contributed by atoms with Crippen LogP contribution in [0.4, 0.5) is 4.79 Å². The Morgan fingerprint density at radius 1 is 1.19 bits per heavy atom. The molecular weight excluding hydrogens is 350 g/mol. The van der Waals surface area contributed by atoms with Gasteiger partial charge in [0.25, 0.3) is 0 Å². The number of amides is 1. The molecule has 3 aliphatic rings. The quantitative estimate of drug-likeness (QED) is 0.759. The molecule has 4 rings (SSSR count). The van der Waals surface area contributed by atoms with E-state index in [1.807, 2.05) is 39.0 Å². The fourth-order valence-corrected chi connectivity index (χ4v) is 4.62. The van der Waals surface area contributed by atoms with Crippen molar-refractivity contribution < 1.29 is 14.3 Å². The third kappa shape index (κ3) is 3.48. The maximum atomic E-state index is 12.9. The Bertz CT molecular complexity index is 741. The van der Waals surface area contributed by atoms with E-state index in [1.165, 1.54) is 0 Å². The SMILES string of the molecule is CC(C)(C)OC(=O)N1[C@@H]2C[C@@H]2C[C@H]1C(=O)C[C@@H]1C[C@H]1c1ccccc1Cl. The van der Waals surface area contributed by atoms with Crippen molar-refractivity contribution in [2.45, 2.75) is 70.1 Å². The summed E-state index contributed by atoms with van der Waals surface area (Å²) >= 11 is 6.28. The molecule has 1 aromatic rings. The van der Waals surface area contributed by atoms with Gasteiger partial charge in [-0.15, -0.1) is 0 Å². The first-order valence-corrected chi connectivity index (χ1v) is 9.91. The van der Waals surface area contributed by atoms with Crippen molar-refractivity contribution in [3.63, 3.8) is 0 Å². The minimum absolute atomic E-state index is 0.183. The van der Waals surface area contributed by atoms with E-state index in [4.69, 9.17) is 16.3 Å². The molecule has 1 aliphatic heterocycles. The zero-order chi connectivity index (χ0) is 18.6. The Labute approximate surface area is 159 Å². The van der Waals surface area contributed by atoms with Gasteiger partial charge in [0.1, 0.15) is 5.60 Å². The molecule has 5 atom stereocenters. The van der Waals surface area contributed by atoms with Crippen LogP contribution in [-0.2, 0) is 9.53 Å². The van der Waals surface area contributed by atoms with E-state index in [0.29, 0.717) is 24.2 Å². The third-order valence-electron chi connectivity index (χ3n) is 5.77. The fourth-order valence-electron chi connectivity index (χ4n) is 4.35. The van der Waals surface area contributed by atoms with Crippen molar-refractivity contribution >= 4 is 23.5 Å². The predicted molar refractivity (Wildman–Crippen MR) is 100 cm³/mol. The molecule has 0 spiro atoms. The number of piperidine rings is 1. The van der Waals surface area contributed by atoms with Gasteiger partial charge in [0.2, 0.25) is 0 Å². The van der Waals surface area contributed by atoms with Gasteiger partial charge in [-0.2, -0.15) is 0 Å². The largest absolute Gasteiger partial charge is 0.444 e. The van der Waals surface area contributed by atoms with Crippen LogP contribution < -0.4 is 0 Å². The van der Waals surface area contributed by atoms with E-state index >= 15 is 0 Å². The van der Waals surface area contributed by atoms with E-state index in [9.17, 15) is 9.59 Å². The summed E-state index contributed by atoms with van der Waals surface area (Å²) in [5.74, 6) is 1.39. The topological polar surface area (TPSA) is 46.6 Å². The molecule has 140 valence electrons. The second-order valence-electron chi connectivity index (χ2n) is 9.00. The van der Waals surface area contributed by atoms with Crippen molar-refractivity contribution in [2.24, 2.45) is 11.8 Å². The number of halogens is 1. The third-order valence-corrected chi connectivity index (χ3v) is 6.12. The number of benzene rings is 1. The number of rotatable bonds is 4. The molecule has 1 heterocycles. The van der Waals surface area contributed by atoms with E-state index in [1.54, 1.807) is 4.90 Å². The molecule has 4 nitrogen and oxygen atoms in total. The minimum atomic E-state index is -0.538. The van der Waals surface area contributed by atoms with Crippen LogP contribution >= 0.6 is 11.6 Å². The normalized spacial score (nSPS) is 32.2. The molecule has 1 saturated heterocycles. The lowest BCUT2D eigenvalue weighted by Gasteiger charge is -2.30. The summed E-state index contributed by atoms with van der Waals surface area (Å²) in [4.78, 5) is 27.2. The average molecular weight is 376 g/mol.